The predicted molar refractivity (Wildman–Crippen MR) is 128 cm³/mol. The van der Waals surface area contributed by atoms with Crippen LogP contribution in [0.1, 0.15) is 118 Å². The monoisotopic (exact) mass is 414 g/mol. The minimum atomic E-state index is -0.136. The van der Waals surface area contributed by atoms with E-state index < -0.39 is 0 Å². The maximum absolute atomic E-state index is 9.89. The summed E-state index contributed by atoms with van der Waals surface area (Å²) in [4.78, 5) is 0. The van der Waals surface area contributed by atoms with Gasteiger partial charge in [-0.2, -0.15) is 0 Å². The summed E-state index contributed by atoms with van der Waals surface area (Å²) in [7, 11) is 0. The summed E-state index contributed by atoms with van der Waals surface area (Å²) < 4.78 is 0. The van der Waals surface area contributed by atoms with E-state index in [-0.39, 0.29) is 6.10 Å². The first-order valence-electron chi connectivity index (χ1n) is 13.6. The van der Waals surface area contributed by atoms with Gasteiger partial charge in [-0.3, -0.25) is 0 Å². The van der Waals surface area contributed by atoms with Crippen molar-refractivity contribution in [1.29, 1.82) is 0 Å². The molecule has 30 heavy (non-hydrogen) atoms. The third kappa shape index (κ3) is 4.18. The van der Waals surface area contributed by atoms with Gasteiger partial charge in [0.2, 0.25) is 0 Å². The number of hydrogen-bond donors (Lipinski definition) is 1. The summed E-state index contributed by atoms with van der Waals surface area (Å²) in [6.45, 7) is 12.1. The Kier molecular flexibility index (Phi) is 6.80. The third-order valence-electron chi connectivity index (χ3n) is 10.7. The van der Waals surface area contributed by atoms with E-state index in [0.29, 0.717) is 10.8 Å². The lowest BCUT2D eigenvalue weighted by Gasteiger charge is -2.58. The summed E-state index contributed by atoms with van der Waals surface area (Å²) >= 11 is 0. The molecule has 3 saturated carbocycles. The van der Waals surface area contributed by atoms with Gasteiger partial charge in [0.05, 0.1) is 6.10 Å². The second kappa shape index (κ2) is 8.92. The van der Waals surface area contributed by atoms with Crippen molar-refractivity contribution in [3.8, 4) is 0 Å². The maximum atomic E-state index is 9.89. The van der Waals surface area contributed by atoms with Gasteiger partial charge < -0.3 is 5.11 Å². The van der Waals surface area contributed by atoms with Crippen molar-refractivity contribution in [2.24, 2.45) is 46.3 Å². The zero-order valence-electron chi connectivity index (χ0n) is 20.8. The number of rotatable bonds is 7. The molecular formula is C29H50O. The van der Waals surface area contributed by atoms with Crippen LogP contribution in [0.2, 0.25) is 0 Å². The molecule has 0 aromatic carbocycles. The molecule has 0 heterocycles. The van der Waals surface area contributed by atoms with Crippen molar-refractivity contribution in [2.75, 3.05) is 0 Å². The molecule has 8 unspecified atom stereocenters. The van der Waals surface area contributed by atoms with Crippen LogP contribution >= 0.6 is 0 Å². The fourth-order valence-corrected chi connectivity index (χ4v) is 8.95. The van der Waals surface area contributed by atoms with Crippen LogP contribution in [0, 0.1) is 46.3 Å². The van der Waals surface area contributed by atoms with Gasteiger partial charge in [0, 0.05) is 0 Å². The van der Waals surface area contributed by atoms with Gasteiger partial charge in [-0.15, -0.1) is 0 Å². The molecule has 0 radical (unpaired) electrons. The molecule has 4 aliphatic rings. The van der Waals surface area contributed by atoms with Crippen LogP contribution in [0.15, 0.2) is 11.6 Å². The highest BCUT2D eigenvalue weighted by Gasteiger charge is 2.58. The third-order valence-corrected chi connectivity index (χ3v) is 10.7. The number of aliphatic hydroxyl groups is 1. The van der Waals surface area contributed by atoms with Crippen LogP contribution in [-0.2, 0) is 0 Å². The van der Waals surface area contributed by atoms with E-state index in [1.54, 1.807) is 5.57 Å². The highest BCUT2D eigenvalue weighted by molar-refractivity contribution is 5.25. The molecule has 0 saturated heterocycles. The Labute approximate surface area is 187 Å². The summed E-state index contributed by atoms with van der Waals surface area (Å²) in [5.74, 6) is 5.45. The first kappa shape index (κ1) is 22.9. The fourth-order valence-electron chi connectivity index (χ4n) is 8.95. The Morgan fingerprint density at radius 2 is 1.80 bits per heavy atom. The lowest BCUT2D eigenvalue weighted by molar-refractivity contribution is -0.0467. The van der Waals surface area contributed by atoms with Crippen LogP contribution < -0.4 is 0 Å². The quantitative estimate of drug-likeness (QED) is 0.329. The standard InChI is InChI=1S/C29H50O/c1-20(2)8-6-7-9-23-11-13-26-25-12-10-24-19-22(18-21(3)30)14-16-29(24,5)27(25)15-17-28(23,26)4/h10,20-23,25-27,30H,6-9,11-19H2,1-5H3. The van der Waals surface area contributed by atoms with Crippen LogP contribution in [0.3, 0.4) is 0 Å². The van der Waals surface area contributed by atoms with Crippen molar-refractivity contribution in [3.63, 3.8) is 0 Å². The number of allylic oxidation sites excluding steroid dienone is 2. The van der Waals surface area contributed by atoms with Crippen molar-refractivity contribution >= 4 is 0 Å². The summed E-state index contributed by atoms with van der Waals surface area (Å²) in [6.07, 6.45) is 20.7. The van der Waals surface area contributed by atoms with Gasteiger partial charge in [-0.05, 0) is 117 Å². The van der Waals surface area contributed by atoms with Crippen molar-refractivity contribution in [3.05, 3.63) is 11.6 Å². The Hall–Kier alpha value is -0.300. The largest absolute Gasteiger partial charge is 0.393 e. The van der Waals surface area contributed by atoms with E-state index >= 15 is 0 Å². The molecule has 4 aliphatic carbocycles. The Balaban J connectivity index is 1.43. The van der Waals surface area contributed by atoms with Gasteiger partial charge in [-0.25, -0.2) is 0 Å². The SMILES string of the molecule is CC(C)CCCCC1CCC2C3CC=C4CC(CC(C)O)CCC4(C)C3CCC12C. The van der Waals surface area contributed by atoms with Crippen molar-refractivity contribution in [1.82, 2.24) is 0 Å². The minimum Gasteiger partial charge on any atom is -0.393 e. The molecule has 8 atom stereocenters. The zero-order chi connectivity index (χ0) is 21.5. The normalized spacial score (nSPS) is 44.2. The molecule has 0 spiro atoms. The average molecular weight is 415 g/mol. The Bertz CT molecular complexity index is 618. The zero-order valence-corrected chi connectivity index (χ0v) is 20.8. The van der Waals surface area contributed by atoms with E-state index in [1.807, 2.05) is 6.92 Å². The summed E-state index contributed by atoms with van der Waals surface area (Å²) in [6, 6.07) is 0. The highest BCUT2D eigenvalue weighted by atomic mass is 16.3. The first-order chi connectivity index (χ1) is 14.2. The number of fused-ring (bicyclic) bond motifs is 5. The molecule has 0 bridgehead atoms. The molecule has 1 heteroatoms. The van der Waals surface area contributed by atoms with E-state index in [0.717, 1.165) is 41.9 Å². The predicted octanol–water partition coefficient (Wildman–Crippen LogP) is 8.17. The molecular weight excluding hydrogens is 364 g/mol. The molecule has 0 aromatic rings. The molecule has 0 aliphatic heterocycles. The van der Waals surface area contributed by atoms with Gasteiger partial charge >= 0.3 is 0 Å². The lowest BCUT2D eigenvalue weighted by Crippen LogP contribution is -2.50. The van der Waals surface area contributed by atoms with E-state index in [1.165, 1.54) is 77.0 Å². The maximum Gasteiger partial charge on any atom is 0.0514 e. The Morgan fingerprint density at radius 3 is 2.53 bits per heavy atom. The van der Waals surface area contributed by atoms with Crippen LogP contribution in [-0.4, -0.2) is 11.2 Å². The second-order valence-electron chi connectivity index (χ2n) is 12.9. The summed E-state index contributed by atoms with van der Waals surface area (Å²) in [5.41, 5.74) is 2.88. The van der Waals surface area contributed by atoms with E-state index in [4.69, 9.17) is 0 Å². The topological polar surface area (TPSA) is 20.2 Å². The minimum absolute atomic E-state index is 0.136. The lowest BCUT2D eigenvalue weighted by atomic mass is 9.46. The second-order valence-corrected chi connectivity index (χ2v) is 12.9. The van der Waals surface area contributed by atoms with Gasteiger partial charge in [0.15, 0.2) is 0 Å². The smallest absolute Gasteiger partial charge is 0.0514 e. The Morgan fingerprint density at radius 1 is 1.00 bits per heavy atom. The van der Waals surface area contributed by atoms with Gasteiger partial charge in [-0.1, -0.05) is 58.6 Å². The van der Waals surface area contributed by atoms with Crippen LogP contribution in [0.5, 0.6) is 0 Å². The average Bonchev–Trinajstić information content (AvgIpc) is 3.01. The molecule has 4 rings (SSSR count). The summed E-state index contributed by atoms with van der Waals surface area (Å²) in [5, 5.41) is 9.89. The van der Waals surface area contributed by atoms with Gasteiger partial charge in [0.1, 0.15) is 0 Å². The molecule has 1 nitrogen and oxygen atoms in total. The molecule has 0 aromatic heterocycles. The molecule has 1 N–H and O–H groups in total. The molecule has 172 valence electrons. The van der Waals surface area contributed by atoms with E-state index in [9.17, 15) is 5.11 Å². The number of aliphatic hydroxyl groups excluding tert-OH is 1. The van der Waals surface area contributed by atoms with Crippen LogP contribution in [0.4, 0.5) is 0 Å². The highest BCUT2D eigenvalue weighted by Crippen LogP contribution is 2.67. The van der Waals surface area contributed by atoms with Gasteiger partial charge in [0.25, 0.3) is 0 Å². The number of hydrogen-bond acceptors (Lipinski definition) is 1. The molecule has 0 amide bonds. The molecule has 3 fully saturated rings. The fraction of sp³-hybridized carbons (Fsp3) is 0.931. The number of unbranched alkanes of at least 4 members (excludes halogenated alkanes) is 1. The van der Waals surface area contributed by atoms with Crippen molar-refractivity contribution < 1.29 is 5.11 Å². The van der Waals surface area contributed by atoms with E-state index in [2.05, 4.69) is 33.8 Å². The first-order valence-corrected chi connectivity index (χ1v) is 13.6. The van der Waals surface area contributed by atoms with Crippen LogP contribution in [0.25, 0.3) is 0 Å². The van der Waals surface area contributed by atoms with Crippen molar-refractivity contribution in [2.45, 2.75) is 124 Å².